The summed E-state index contributed by atoms with van der Waals surface area (Å²) in [6.07, 6.45) is 0. The number of aromatic nitrogens is 1. The van der Waals surface area contributed by atoms with Gasteiger partial charge in [-0.15, -0.1) is 11.3 Å². The average molecular weight is 363 g/mol. The molecule has 0 bridgehead atoms. The van der Waals surface area contributed by atoms with Gasteiger partial charge in [-0.1, -0.05) is 12.1 Å². The van der Waals surface area contributed by atoms with E-state index < -0.39 is 22.8 Å². The first-order valence-electron chi connectivity index (χ1n) is 7.29. The van der Waals surface area contributed by atoms with E-state index in [1.165, 1.54) is 33.7 Å². The van der Waals surface area contributed by atoms with Crippen LogP contribution >= 0.6 is 11.3 Å². The van der Waals surface area contributed by atoms with Gasteiger partial charge in [0.25, 0.3) is 11.6 Å². The molecule has 2 heterocycles. The maximum atomic E-state index is 12.6. The lowest BCUT2D eigenvalue weighted by Crippen LogP contribution is -2.52. The fourth-order valence-electron chi connectivity index (χ4n) is 2.46. The Morgan fingerprint density at radius 1 is 1.44 bits per heavy atom. The average Bonchev–Trinajstić information content (AvgIpc) is 3.11. The van der Waals surface area contributed by atoms with Crippen LogP contribution in [0, 0.1) is 10.1 Å². The fraction of sp³-hybridized carbons (Fsp3) is 0.267. The van der Waals surface area contributed by atoms with E-state index in [2.05, 4.69) is 4.98 Å². The Balaban J connectivity index is 1.85. The summed E-state index contributed by atoms with van der Waals surface area (Å²) in [6, 6.07) is 4.90. The standard InChI is InChI=1S/C15H13N3O6S/c19-14(17-4-5-24-7-12(17)15(20)21)11-8-25-13(16-11)9-2-1-3-10(6-9)18(22)23/h1-3,6,8,12H,4-5,7H2,(H,20,21). The molecule has 1 N–H and O–H groups in total. The summed E-state index contributed by atoms with van der Waals surface area (Å²) < 4.78 is 5.11. The van der Waals surface area contributed by atoms with Gasteiger partial charge in [0.2, 0.25) is 0 Å². The number of aliphatic carboxylic acids is 1. The number of rotatable bonds is 4. The third-order valence-electron chi connectivity index (χ3n) is 3.70. The molecule has 0 radical (unpaired) electrons. The van der Waals surface area contributed by atoms with Gasteiger partial charge in [0.1, 0.15) is 10.7 Å². The van der Waals surface area contributed by atoms with Crippen molar-refractivity contribution in [2.45, 2.75) is 6.04 Å². The Morgan fingerprint density at radius 3 is 2.96 bits per heavy atom. The molecule has 0 aliphatic carbocycles. The number of morpholine rings is 1. The van der Waals surface area contributed by atoms with Crippen LogP contribution in [-0.4, -0.2) is 57.6 Å². The van der Waals surface area contributed by atoms with Crippen molar-refractivity contribution >= 4 is 28.9 Å². The lowest BCUT2D eigenvalue weighted by molar-refractivity contribution is -0.384. The van der Waals surface area contributed by atoms with E-state index in [0.29, 0.717) is 10.6 Å². The van der Waals surface area contributed by atoms with E-state index in [0.717, 1.165) is 0 Å². The van der Waals surface area contributed by atoms with Crippen LogP contribution in [-0.2, 0) is 9.53 Å². The summed E-state index contributed by atoms with van der Waals surface area (Å²) in [4.78, 5) is 39.7. The molecule has 1 amide bonds. The second-order valence-electron chi connectivity index (χ2n) is 5.27. The SMILES string of the molecule is O=C(O)C1COCCN1C(=O)c1csc(-c2cccc([N+](=O)[O-])c2)n1. The third kappa shape index (κ3) is 3.49. The van der Waals surface area contributed by atoms with Gasteiger partial charge in [-0.25, -0.2) is 9.78 Å². The van der Waals surface area contributed by atoms with E-state index in [4.69, 9.17) is 4.74 Å². The quantitative estimate of drug-likeness (QED) is 0.647. The molecular weight excluding hydrogens is 350 g/mol. The lowest BCUT2D eigenvalue weighted by Gasteiger charge is -2.32. The number of carboxylic acids is 1. The van der Waals surface area contributed by atoms with Crippen molar-refractivity contribution in [3.05, 3.63) is 45.5 Å². The van der Waals surface area contributed by atoms with Crippen LogP contribution in [0.4, 0.5) is 5.69 Å². The molecule has 1 aromatic carbocycles. The molecule has 1 atom stereocenters. The van der Waals surface area contributed by atoms with Gasteiger partial charge >= 0.3 is 5.97 Å². The summed E-state index contributed by atoms with van der Waals surface area (Å²) in [5.74, 6) is -1.63. The Morgan fingerprint density at radius 2 is 2.24 bits per heavy atom. The summed E-state index contributed by atoms with van der Waals surface area (Å²) in [5, 5.41) is 22.0. The van der Waals surface area contributed by atoms with E-state index in [-0.39, 0.29) is 31.1 Å². The van der Waals surface area contributed by atoms with Gasteiger partial charge < -0.3 is 14.7 Å². The van der Waals surface area contributed by atoms with Crippen molar-refractivity contribution in [3.8, 4) is 10.6 Å². The monoisotopic (exact) mass is 363 g/mol. The van der Waals surface area contributed by atoms with Crippen molar-refractivity contribution in [3.63, 3.8) is 0 Å². The maximum Gasteiger partial charge on any atom is 0.328 e. The van der Waals surface area contributed by atoms with Crippen molar-refractivity contribution in [1.29, 1.82) is 0 Å². The number of thiazole rings is 1. The molecular formula is C15H13N3O6S. The van der Waals surface area contributed by atoms with E-state index >= 15 is 0 Å². The molecule has 1 fully saturated rings. The van der Waals surface area contributed by atoms with Gasteiger partial charge in [-0.05, 0) is 0 Å². The Kier molecular flexibility index (Phi) is 4.72. The zero-order valence-electron chi connectivity index (χ0n) is 12.8. The predicted octanol–water partition coefficient (Wildman–Crippen LogP) is 1.64. The highest BCUT2D eigenvalue weighted by Crippen LogP contribution is 2.27. The first kappa shape index (κ1) is 17.0. The Hall–Kier alpha value is -2.85. The molecule has 2 aromatic rings. The van der Waals surface area contributed by atoms with Crippen LogP contribution < -0.4 is 0 Å². The van der Waals surface area contributed by atoms with Crippen LogP contribution in [0.5, 0.6) is 0 Å². The van der Waals surface area contributed by atoms with Gasteiger partial charge in [0.15, 0.2) is 6.04 Å². The van der Waals surface area contributed by atoms with Crippen molar-refractivity contribution in [2.75, 3.05) is 19.8 Å². The van der Waals surface area contributed by atoms with E-state index in [1.807, 2.05) is 0 Å². The number of benzene rings is 1. The summed E-state index contributed by atoms with van der Waals surface area (Å²) >= 11 is 1.17. The summed E-state index contributed by atoms with van der Waals surface area (Å²) in [7, 11) is 0. The zero-order chi connectivity index (χ0) is 18.0. The molecule has 1 saturated heterocycles. The number of hydrogen-bond acceptors (Lipinski definition) is 7. The molecule has 1 unspecified atom stereocenters. The molecule has 0 spiro atoms. The molecule has 1 aliphatic rings. The van der Waals surface area contributed by atoms with Crippen LogP contribution in [0.2, 0.25) is 0 Å². The molecule has 0 saturated carbocycles. The highest BCUT2D eigenvalue weighted by atomic mass is 32.1. The number of nitro benzene ring substituents is 1. The Labute approximate surface area is 145 Å². The molecule has 25 heavy (non-hydrogen) atoms. The minimum Gasteiger partial charge on any atom is -0.480 e. The van der Waals surface area contributed by atoms with Gasteiger partial charge in [-0.2, -0.15) is 0 Å². The number of hydrogen-bond donors (Lipinski definition) is 1. The number of carbonyl (C=O) groups excluding carboxylic acids is 1. The van der Waals surface area contributed by atoms with Gasteiger partial charge in [0, 0.05) is 29.6 Å². The van der Waals surface area contributed by atoms with Crippen LogP contribution in [0.25, 0.3) is 10.6 Å². The van der Waals surface area contributed by atoms with Gasteiger partial charge in [0.05, 0.1) is 18.1 Å². The first-order valence-corrected chi connectivity index (χ1v) is 8.17. The van der Waals surface area contributed by atoms with Gasteiger partial charge in [-0.3, -0.25) is 14.9 Å². The number of nitrogens with zero attached hydrogens (tertiary/aromatic N) is 3. The zero-order valence-corrected chi connectivity index (χ0v) is 13.6. The maximum absolute atomic E-state index is 12.6. The predicted molar refractivity (Wildman–Crippen MR) is 87.5 cm³/mol. The van der Waals surface area contributed by atoms with E-state index in [1.54, 1.807) is 12.1 Å². The molecule has 9 nitrogen and oxygen atoms in total. The Bertz CT molecular complexity index is 836. The number of non-ortho nitro benzene ring substituents is 1. The first-order chi connectivity index (χ1) is 12.0. The topological polar surface area (TPSA) is 123 Å². The van der Waals surface area contributed by atoms with Crippen molar-refractivity contribution < 1.29 is 24.4 Å². The van der Waals surface area contributed by atoms with Crippen molar-refractivity contribution in [2.24, 2.45) is 0 Å². The number of carbonyl (C=O) groups is 2. The second-order valence-corrected chi connectivity index (χ2v) is 6.13. The number of amides is 1. The molecule has 1 aliphatic heterocycles. The molecule has 10 heteroatoms. The largest absolute Gasteiger partial charge is 0.480 e. The highest BCUT2D eigenvalue weighted by molar-refractivity contribution is 7.13. The minimum atomic E-state index is -1.14. The molecule has 130 valence electrons. The minimum absolute atomic E-state index is 0.0665. The molecule has 1 aromatic heterocycles. The number of ether oxygens (including phenoxy) is 1. The number of nitro groups is 1. The van der Waals surface area contributed by atoms with Crippen LogP contribution in [0.15, 0.2) is 29.6 Å². The smallest absolute Gasteiger partial charge is 0.328 e. The van der Waals surface area contributed by atoms with Crippen LogP contribution in [0.1, 0.15) is 10.5 Å². The summed E-state index contributed by atoms with van der Waals surface area (Å²) in [5.41, 5.74) is 0.564. The van der Waals surface area contributed by atoms with Crippen molar-refractivity contribution in [1.82, 2.24) is 9.88 Å². The lowest BCUT2D eigenvalue weighted by atomic mass is 10.2. The fourth-order valence-corrected chi connectivity index (χ4v) is 3.25. The highest BCUT2D eigenvalue weighted by Gasteiger charge is 2.34. The van der Waals surface area contributed by atoms with Crippen LogP contribution in [0.3, 0.4) is 0 Å². The normalized spacial score (nSPS) is 17.3. The summed E-state index contributed by atoms with van der Waals surface area (Å²) in [6.45, 7) is 0.361. The van der Waals surface area contributed by atoms with E-state index in [9.17, 15) is 24.8 Å². The number of carboxylic acid groups (broad SMARTS) is 1. The molecule has 3 rings (SSSR count). The second kappa shape index (κ2) is 6.95. The third-order valence-corrected chi connectivity index (χ3v) is 4.59.